The predicted octanol–water partition coefficient (Wildman–Crippen LogP) is 6.81. The number of ether oxygens (including phenoxy) is 1. The van der Waals surface area contributed by atoms with Gasteiger partial charge in [0.1, 0.15) is 0 Å². The van der Waals surface area contributed by atoms with Crippen molar-refractivity contribution in [2.24, 2.45) is 5.92 Å². The van der Waals surface area contributed by atoms with Crippen LogP contribution < -0.4 is 0 Å². The molecule has 0 saturated heterocycles. The maximum atomic E-state index is 11.1. The lowest BCUT2D eigenvalue weighted by Crippen LogP contribution is -2.02. The summed E-state index contributed by atoms with van der Waals surface area (Å²) in [7, 11) is 1.48. The molecule has 1 saturated carbocycles. The Balaban J connectivity index is 2.11. The van der Waals surface area contributed by atoms with Gasteiger partial charge in [0.15, 0.2) is 0 Å². The van der Waals surface area contributed by atoms with E-state index in [0.29, 0.717) is 6.42 Å². The molecule has 0 aromatic heterocycles. The van der Waals surface area contributed by atoms with E-state index in [1.807, 2.05) is 0 Å². The average Bonchev–Trinajstić information content (AvgIpc) is 2.59. The van der Waals surface area contributed by atoms with E-state index in [0.717, 1.165) is 12.3 Å². The normalized spacial score (nSPS) is 19.3. The van der Waals surface area contributed by atoms with Crippen molar-refractivity contribution < 1.29 is 9.53 Å². The third kappa shape index (κ3) is 12.5. The van der Waals surface area contributed by atoms with Crippen molar-refractivity contribution >= 4 is 5.97 Å². The summed E-state index contributed by atoms with van der Waals surface area (Å²) in [4.78, 5) is 11.1. The first-order valence-electron chi connectivity index (χ1n) is 10.4. The lowest BCUT2D eigenvalue weighted by molar-refractivity contribution is -0.140. The second-order valence-corrected chi connectivity index (χ2v) is 7.51. The lowest BCUT2D eigenvalue weighted by Gasteiger charge is -2.16. The molecule has 1 aliphatic rings. The summed E-state index contributed by atoms with van der Waals surface area (Å²) in [5.74, 6) is 0.914. The number of methoxy groups -OCH3 is 1. The van der Waals surface area contributed by atoms with Gasteiger partial charge in [0.25, 0.3) is 0 Å². The third-order valence-electron chi connectivity index (χ3n) is 5.45. The van der Waals surface area contributed by atoms with Gasteiger partial charge in [-0.05, 0) is 12.3 Å². The number of unbranched alkanes of at least 4 members (excludes halogenated alkanes) is 3. The minimum atomic E-state index is -0.0553. The first-order chi connectivity index (χ1) is 11.3. The monoisotopic (exact) mass is 324 g/mol. The fraction of sp³-hybridized carbons (Fsp3) is 0.952. The van der Waals surface area contributed by atoms with E-state index in [-0.39, 0.29) is 5.97 Å². The molecule has 2 heteroatoms. The number of hydrogen-bond acceptors (Lipinski definition) is 2. The Kier molecular flexibility index (Phi) is 13.4. The van der Waals surface area contributed by atoms with E-state index < -0.39 is 0 Å². The van der Waals surface area contributed by atoms with Crippen LogP contribution in [0.3, 0.4) is 0 Å². The molecule has 0 heterocycles. The molecule has 0 spiro atoms. The van der Waals surface area contributed by atoms with Gasteiger partial charge in [0, 0.05) is 6.42 Å². The zero-order valence-electron chi connectivity index (χ0n) is 15.6. The smallest absolute Gasteiger partial charge is 0.305 e. The van der Waals surface area contributed by atoms with E-state index in [4.69, 9.17) is 0 Å². The second-order valence-electron chi connectivity index (χ2n) is 7.51. The molecule has 0 aliphatic heterocycles. The van der Waals surface area contributed by atoms with Crippen molar-refractivity contribution in [3.63, 3.8) is 0 Å². The van der Waals surface area contributed by atoms with E-state index in [2.05, 4.69) is 4.74 Å². The third-order valence-corrected chi connectivity index (χ3v) is 5.45. The highest BCUT2D eigenvalue weighted by Gasteiger charge is 2.09. The van der Waals surface area contributed by atoms with Gasteiger partial charge in [0.05, 0.1) is 7.11 Å². The Morgan fingerprint density at radius 2 is 1.22 bits per heavy atom. The maximum Gasteiger partial charge on any atom is 0.305 e. The fourth-order valence-corrected chi connectivity index (χ4v) is 3.87. The molecule has 0 aromatic carbocycles. The molecule has 0 N–H and O–H groups in total. The van der Waals surface area contributed by atoms with Crippen LogP contribution in [0.1, 0.15) is 116 Å². The van der Waals surface area contributed by atoms with Gasteiger partial charge < -0.3 is 4.74 Å². The van der Waals surface area contributed by atoms with Crippen molar-refractivity contribution in [3.05, 3.63) is 0 Å². The molecule has 0 atom stereocenters. The van der Waals surface area contributed by atoms with E-state index in [1.54, 1.807) is 0 Å². The quantitative estimate of drug-likeness (QED) is 0.380. The second kappa shape index (κ2) is 15.0. The summed E-state index contributed by atoms with van der Waals surface area (Å²) in [6.45, 7) is 0. The summed E-state index contributed by atoms with van der Waals surface area (Å²) in [5.41, 5.74) is 0. The Bertz CT molecular complexity index is 261. The first-order valence-corrected chi connectivity index (χ1v) is 10.4. The minimum Gasteiger partial charge on any atom is -0.469 e. The van der Waals surface area contributed by atoms with Crippen molar-refractivity contribution in [1.29, 1.82) is 0 Å². The predicted molar refractivity (Wildman–Crippen MR) is 98.6 cm³/mol. The molecular weight excluding hydrogens is 284 g/mol. The molecule has 0 radical (unpaired) electrons. The summed E-state index contributed by atoms with van der Waals surface area (Å²) in [6.07, 6.45) is 24.3. The molecule has 0 aromatic rings. The van der Waals surface area contributed by atoms with Gasteiger partial charge in [-0.1, -0.05) is 103 Å². The van der Waals surface area contributed by atoms with E-state index >= 15 is 0 Å². The van der Waals surface area contributed by atoms with Crippen LogP contribution in [0, 0.1) is 5.92 Å². The van der Waals surface area contributed by atoms with Crippen LogP contribution in [0.15, 0.2) is 0 Å². The van der Waals surface area contributed by atoms with Crippen molar-refractivity contribution in [2.45, 2.75) is 116 Å². The zero-order valence-corrected chi connectivity index (χ0v) is 15.6. The number of carbonyl (C=O) groups is 1. The van der Waals surface area contributed by atoms with Crippen molar-refractivity contribution in [2.75, 3.05) is 7.11 Å². The van der Waals surface area contributed by atoms with Crippen LogP contribution in [0.5, 0.6) is 0 Å². The van der Waals surface area contributed by atoms with Crippen LogP contribution in [0.4, 0.5) is 0 Å². The molecule has 136 valence electrons. The SMILES string of the molecule is COC(=O)CCCCCCC1CCCCCCCCCCCC1. The van der Waals surface area contributed by atoms with Crippen LogP contribution in [-0.4, -0.2) is 13.1 Å². The molecule has 23 heavy (non-hydrogen) atoms. The van der Waals surface area contributed by atoms with Crippen LogP contribution in [0.2, 0.25) is 0 Å². The number of esters is 1. The van der Waals surface area contributed by atoms with Crippen molar-refractivity contribution in [1.82, 2.24) is 0 Å². The van der Waals surface area contributed by atoms with Gasteiger partial charge in [-0.15, -0.1) is 0 Å². The van der Waals surface area contributed by atoms with Gasteiger partial charge >= 0.3 is 5.97 Å². The van der Waals surface area contributed by atoms with Crippen LogP contribution in [0.25, 0.3) is 0 Å². The Labute approximate surface area is 144 Å². The Hall–Kier alpha value is -0.530. The molecule has 0 unspecified atom stereocenters. The lowest BCUT2D eigenvalue weighted by atomic mass is 9.90. The summed E-state index contributed by atoms with van der Waals surface area (Å²) in [5, 5.41) is 0. The van der Waals surface area contributed by atoms with Crippen LogP contribution >= 0.6 is 0 Å². The standard InChI is InChI=1S/C21H40O2/c1-23-21(22)19-15-11-10-14-18-20-16-12-8-6-4-2-3-5-7-9-13-17-20/h20H,2-19H2,1H3. The molecule has 1 rings (SSSR count). The fourth-order valence-electron chi connectivity index (χ4n) is 3.87. The minimum absolute atomic E-state index is 0.0553. The number of hydrogen-bond donors (Lipinski definition) is 0. The maximum absolute atomic E-state index is 11.1. The molecule has 1 fully saturated rings. The Morgan fingerprint density at radius 1 is 0.739 bits per heavy atom. The zero-order chi connectivity index (χ0) is 16.6. The van der Waals surface area contributed by atoms with Crippen molar-refractivity contribution in [3.8, 4) is 0 Å². The highest BCUT2D eigenvalue weighted by atomic mass is 16.5. The molecule has 2 nitrogen and oxygen atoms in total. The van der Waals surface area contributed by atoms with Gasteiger partial charge in [-0.3, -0.25) is 4.79 Å². The first kappa shape index (κ1) is 20.5. The number of carbonyl (C=O) groups excluding carboxylic acids is 1. The number of rotatable bonds is 7. The average molecular weight is 325 g/mol. The highest BCUT2D eigenvalue weighted by molar-refractivity contribution is 5.68. The van der Waals surface area contributed by atoms with Gasteiger partial charge in [-0.2, -0.15) is 0 Å². The molecule has 0 amide bonds. The topological polar surface area (TPSA) is 26.3 Å². The molecular formula is C21H40O2. The summed E-state index contributed by atoms with van der Waals surface area (Å²) >= 11 is 0. The molecule has 1 aliphatic carbocycles. The van der Waals surface area contributed by atoms with E-state index in [1.165, 1.54) is 110 Å². The summed E-state index contributed by atoms with van der Waals surface area (Å²) in [6, 6.07) is 0. The van der Waals surface area contributed by atoms with Gasteiger partial charge in [0.2, 0.25) is 0 Å². The molecule has 0 bridgehead atoms. The van der Waals surface area contributed by atoms with E-state index in [9.17, 15) is 4.79 Å². The summed E-state index contributed by atoms with van der Waals surface area (Å²) < 4.78 is 4.69. The van der Waals surface area contributed by atoms with Gasteiger partial charge in [-0.25, -0.2) is 0 Å². The highest BCUT2D eigenvalue weighted by Crippen LogP contribution is 2.25. The Morgan fingerprint density at radius 3 is 1.74 bits per heavy atom. The van der Waals surface area contributed by atoms with Crippen LogP contribution in [-0.2, 0) is 9.53 Å². The largest absolute Gasteiger partial charge is 0.469 e.